The molecule has 120 valence electrons. The average Bonchev–Trinajstić information content (AvgIpc) is 2.43. The Morgan fingerprint density at radius 1 is 0.750 bits per heavy atom. The molecular formula is C17H34O3. The zero-order valence-corrected chi connectivity index (χ0v) is 14.0. The van der Waals surface area contributed by atoms with Crippen molar-refractivity contribution in [3.8, 4) is 0 Å². The van der Waals surface area contributed by atoms with Crippen LogP contribution < -0.4 is 0 Å². The monoisotopic (exact) mass is 286 g/mol. The zero-order valence-electron chi connectivity index (χ0n) is 14.0. The maximum absolute atomic E-state index is 10.6. The largest absolute Gasteiger partial charge is 0.469 e. The summed E-state index contributed by atoms with van der Waals surface area (Å²) in [5.74, 6) is 0.243. The fourth-order valence-corrected chi connectivity index (χ4v) is 1.78. The minimum atomic E-state index is -0.0819. The summed E-state index contributed by atoms with van der Waals surface area (Å²) in [5.41, 5.74) is 0. The van der Waals surface area contributed by atoms with Gasteiger partial charge in [0.25, 0.3) is 0 Å². The van der Waals surface area contributed by atoms with Gasteiger partial charge in [-0.3, -0.25) is 4.79 Å². The van der Waals surface area contributed by atoms with E-state index < -0.39 is 0 Å². The minimum Gasteiger partial charge on any atom is -0.469 e. The molecule has 0 saturated heterocycles. The van der Waals surface area contributed by atoms with Gasteiger partial charge in [0, 0.05) is 12.8 Å². The van der Waals surface area contributed by atoms with Gasteiger partial charge in [-0.05, 0) is 19.8 Å². The molecule has 0 spiro atoms. The molecule has 0 aliphatic heterocycles. The van der Waals surface area contributed by atoms with Gasteiger partial charge in [0.1, 0.15) is 5.78 Å². The first-order chi connectivity index (χ1) is 9.58. The summed E-state index contributed by atoms with van der Waals surface area (Å²) in [5, 5.41) is 0. The number of rotatable bonds is 11. The predicted molar refractivity (Wildman–Crippen MR) is 84.8 cm³/mol. The smallest absolute Gasteiger partial charge is 0.305 e. The highest BCUT2D eigenvalue weighted by Gasteiger charge is 1.97. The summed E-state index contributed by atoms with van der Waals surface area (Å²) in [6.45, 7) is 6.01. The first-order valence-corrected chi connectivity index (χ1v) is 8.14. The van der Waals surface area contributed by atoms with E-state index in [1.54, 1.807) is 6.92 Å². The number of carbonyl (C=O) groups is 2. The van der Waals surface area contributed by atoms with Crippen molar-refractivity contribution in [2.75, 3.05) is 7.11 Å². The van der Waals surface area contributed by atoms with Crippen LogP contribution in [0.2, 0.25) is 0 Å². The summed E-state index contributed by atoms with van der Waals surface area (Å²) in [6, 6.07) is 0. The number of methoxy groups -OCH3 is 1. The van der Waals surface area contributed by atoms with Crippen LogP contribution in [0.5, 0.6) is 0 Å². The fraction of sp³-hybridized carbons (Fsp3) is 0.882. The number of esters is 1. The van der Waals surface area contributed by atoms with Crippen molar-refractivity contribution in [1.82, 2.24) is 0 Å². The van der Waals surface area contributed by atoms with Crippen LogP contribution in [0.15, 0.2) is 0 Å². The van der Waals surface area contributed by atoms with E-state index >= 15 is 0 Å². The minimum absolute atomic E-state index is 0.0819. The van der Waals surface area contributed by atoms with Crippen molar-refractivity contribution < 1.29 is 14.3 Å². The summed E-state index contributed by atoms with van der Waals surface area (Å²) >= 11 is 0. The van der Waals surface area contributed by atoms with E-state index in [0.29, 0.717) is 12.2 Å². The van der Waals surface area contributed by atoms with Gasteiger partial charge < -0.3 is 9.53 Å². The fourth-order valence-electron chi connectivity index (χ4n) is 1.78. The summed E-state index contributed by atoms with van der Waals surface area (Å²) in [4.78, 5) is 21.0. The van der Waals surface area contributed by atoms with E-state index in [-0.39, 0.29) is 5.97 Å². The predicted octanol–water partition coefficient (Wildman–Crippen LogP) is 5.07. The Morgan fingerprint density at radius 2 is 1.20 bits per heavy atom. The topological polar surface area (TPSA) is 43.4 Å². The highest BCUT2D eigenvalue weighted by Crippen LogP contribution is 2.05. The normalized spacial score (nSPS) is 9.60. The van der Waals surface area contributed by atoms with E-state index in [9.17, 15) is 9.59 Å². The third kappa shape index (κ3) is 22.3. The maximum atomic E-state index is 10.6. The number of hydrogen-bond acceptors (Lipinski definition) is 3. The molecule has 0 fully saturated rings. The van der Waals surface area contributed by atoms with Crippen molar-refractivity contribution in [3.05, 3.63) is 0 Å². The first kappa shape index (κ1) is 21.4. The SMILES string of the molecule is CCCCCCC(C)=O.CCCCCCCC(=O)OC. The molecule has 20 heavy (non-hydrogen) atoms. The molecule has 0 bridgehead atoms. The molecule has 0 N–H and O–H groups in total. The van der Waals surface area contributed by atoms with Crippen molar-refractivity contribution in [2.24, 2.45) is 0 Å². The lowest BCUT2D eigenvalue weighted by Crippen LogP contribution is -1.98. The molecule has 0 amide bonds. The van der Waals surface area contributed by atoms with Gasteiger partial charge in [-0.15, -0.1) is 0 Å². The highest BCUT2D eigenvalue weighted by molar-refractivity contribution is 5.75. The van der Waals surface area contributed by atoms with Gasteiger partial charge in [-0.2, -0.15) is 0 Å². The van der Waals surface area contributed by atoms with Crippen molar-refractivity contribution >= 4 is 11.8 Å². The molecule has 0 aromatic rings. The Morgan fingerprint density at radius 3 is 1.65 bits per heavy atom. The van der Waals surface area contributed by atoms with E-state index in [1.807, 2.05) is 0 Å². The molecule has 0 saturated carbocycles. The second-order valence-corrected chi connectivity index (χ2v) is 5.25. The van der Waals surface area contributed by atoms with Crippen LogP contribution in [0.3, 0.4) is 0 Å². The molecule has 0 heterocycles. The van der Waals surface area contributed by atoms with E-state index in [1.165, 1.54) is 45.6 Å². The Hall–Kier alpha value is -0.860. The lowest BCUT2D eigenvalue weighted by Gasteiger charge is -1.98. The van der Waals surface area contributed by atoms with Gasteiger partial charge in [-0.1, -0.05) is 58.8 Å². The lowest BCUT2D eigenvalue weighted by atomic mass is 10.1. The molecule has 0 unspecified atom stereocenters. The van der Waals surface area contributed by atoms with Crippen LogP contribution in [-0.4, -0.2) is 18.9 Å². The summed E-state index contributed by atoms with van der Waals surface area (Å²) in [6.07, 6.45) is 12.1. The van der Waals surface area contributed by atoms with Crippen LogP contribution in [0, 0.1) is 0 Å². The average molecular weight is 286 g/mol. The van der Waals surface area contributed by atoms with E-state index in [4.69, 9.17) is 0 Å². The third-order valence-electron chi connectivity index (χ3n) is 3.09. The van der Waals surface area contributed by atoms with Crippen molar-refractivity contribution in [2.45, 2.75) is 91.4 Å². The number of unbranched alkanes of at least 4 members (excludes halogenated alkanes) is 7. The number of hydrogen-bond donors (Lipinski definition) is 0. The third-order valence-corrected chi connectivity index (χ3v) is 3.09. The van der Waals surface area contributed by atoms with Gasteiger partial charge in [0.15, 0.2) is 0 Å². The molecule has 0 aromatic heterocycles. The molecule has 3 heteroatoms. The van der Waals surface area contributed by atoms with Crippen LogP contribution in [0.1, 0.15) is 91.4 Å². The standard InChI is InChI=1S/C9H18O2.C8H16O/c1-3-4-5-6-7-8-9(10)11-2;1-3-4-5-6-7-8(2)9/h3-8H2,1-2H3;3-7H2,1-2H3. The Bertz CT molecular complexity index is 224. The molecule has 0 aliphatic rings. The van der Waals surface area contributed by atoms with Crippen LogP contribution in [-0.2, 0) is 14.3 Å². The lowest BCUT2D eigenvalue weighted by molar-refractivity contribution is -0.140. The van der Waals surface area contributed by atoms with Crippen LogP contribution in [0.25, 0.3) is 0 Å². The molecule has 3 nitrogen and oxygen atoms in total. The van der Waals surface area contributed by atoms with E-state index in [2.05, 4.69) is 18.6 Å². The molecular weight excluding hydrogens is 252 g/mol. The quantitative estimate of drug-likeness (QED) is 0.393. The first-order valence-electron chi connectivity index (χ1n) is 8.14. The number of ether oxygens (including phenoxy) is 1. The Kier molecular flexibility index (Phi) is 19.4. The summed E-state index contributed by atoms with van der Waals surface area (Å²) < 4.78 is 4.52. The summed E-state index contributed by atoms with van der Waals surface area (Å²) in [7, 11) is 1.44. The van der Waals surface area contributed by atoms with Crippen molar-refractivity contribution in [1.29, 1.82) is 0 Å². The molecule has 0 aliphatic carbocycles. The van der Waals surface area contributed by atoms with Crippen molar-refractivity contribution in [3.63, 3.8) is 0 Å². The van der Waals surface area contributed by atoms with Gasteiger partial charge in [-0.25, -0.2) is 0 Å². The van der Waals surface area contributed by atoms with E-state index in [0.717, 1.165) is 25.7 Å². The Labute approximate surface area is 125 Å². The molecule has 0 rings (SSSR count). The number of carbonyl (C=O) groups excluding carboxylic acids is 2. The Balaban J connectivity index is 0. The van der Waals surface area contributed by atoms with Gasteiger partial charge in [0.2, 0.25) is 0 Å². The second-order valence-electron chi connectivity index (χ2n) is 5.25. The number of Topliss-reactive ketones (excluding diaryl/α,β-unsaturated/α-hetero) is 1. The second kappa shape index (κ2) is 18.1. The van der Waals surface area contributed by atoms with Crippen LogP contribution in [0.4, 0.5) is 0 Å². The van der Waals surface area contributed by atoms with Gasteiger partial charge in [0.05, 0.1) is 7.11 Å². The maximum Gasteiger partial charge on any atom is 0.305 e. The molecule has 0 aromatic carbocycles. The highest BCUT2D eigenvalue weighted by atomic mass is 16.5. The van der Waals surface area contributed by atoms with Crippen LogP contribution >= 0.6 is 0 Å². The zero-order chi connectivity index (χ0) is 15.6. The number of ketones is 1. The molecule has 0 atom stereocenters. The molecule has 0 radical (unpaired) electrons. The van der Waals surface area contributed by atoms with Gasteiger partial charge >= 0.3 is 5.97 Å².